The Morgan fingerprint density at radius 2 is 1.77 bits per heavy atom. The van der Waals surface area contributed by atoms with Crippen LogP contribution in [0.1, 0.15) is 10.5 Å². The number of anilines is 1. The molecule has 0 unspecified atom stereocenters. The van der Waals surface area contributed by atoms with Gasteiger partial charge in [0.1, 0.15) is 11.5 Å². The van der Waals surface area contributed by atoms with Crippen molar-refractivity contribution < 1.29 is 14.3 Å². The summed E-state index contributed by atoms with van der Waals surface area (Å²) < 4.78 is 11.6. The zero-order valence-corrected chi connectivity index (χ0v) is 15.1. The molecule has 8 heteroatoms. The maximum atomic E-state index is 12.8. The van der Waals surface area contributed by atoms with E-state index in [1.807, 2.05) is 0 Å². The lowest BCUT2D eigenvalue weighted by Crippen LogP contribution is -2.25. The molecule has 0 saturated carbocycles. The monoisotopic (exact) mass is 373 g/mol. The number of hydrogen-bond donors (Lipinski definition) is 1. The molecule has 2 aromatic carbocycles. The summed E-state index contributed by atoms with van der Waals surface area (Å²) in [6, 6.07) is 9.91. The van der Waals surface area contributed by atoms with Crippen LogP contribution in [0, 0.1) is 0 Å². The molecule has 0 saturated heterocycles. The highest BCUT2D eigenvalue weighted by molar-refractivity contribution is 6.32. The van der Waals surface area contributed by atoms with Gasteiger partial charge < -0.3 is 14.8 Å². The fourth-order valence-corrected chi connectivity index (χ4v) is 2.84. The fourth-order valence-electron chi connectivity index (χ4n) is 2.61. The van der Waals surface area contributed by atoms with Gasteiger partial charge in [-0.2, -0.15) is 5.10 Å². The van der Waals surface area contributed by atoms with Crippen LogP contribution in [0.2, 0.25) is 5.02 Å². The summed E-state index contributed by atoms with van der Waals surface area (Å²) in [7, 11) is 4.44. The van der Waals surface area contributed by atoms with E-state index in [2.05, 4.69) is 10.4 Å². The molecule has 1 aromatic heterocycles. The first-order valence-electron chi connectivity index (χ1n) is 7.65. The maximum Gasteiger partial charge on any atom is 0.276 e. The normalized spacial score (nSPS) is 10.6. The largest absolute Gasteiger partial charge is 0.495 e. The molecule has 1 heterocycles. The van der Waals surface area contributed by atoms with E-state index in [-0.39, 0.29) is 11.3 Å². The van der Waals surface area contributed by atoms with Gasteiger partial charge in [0.2, 0.25) is 0 Å². The predicted molar refractivity (Wildman–Crippen MR) is 99.5 cm³/mol. The number of halogens is 1. The van der Waals surface area contributed by atoms with Gasteiger partial charge in [-0.15, -0.1) is 0 Å². The van der Waals surface area contributed by atoms with Gasteiger partial charge in [0, 0.05) is 24.6 Å². The van der Waals surface area contributed by atoms with E-state index < -0.39 is 5.91 Å². The van der Waals surface area contributed by atoms with Crippen molar-refractivity contribution in [3.8, 4) is 11.5 Å². The van der Waals surface area contributed by atoms with Gasteiger partial charge in [0.05, 0.1) is 30.3 Å². The second-order valence-corrected chi connectivity index (χ2v) is 5.87. The van der Waals surface area contributed by atoms with Crippen LogP contribution < -0.4 is 20.3 Å². The number of methoxy groups -OCH3 is 2. The first-order chi connectivity index (χ1) is 12.5. The minimum absolute atomic E-state index is 0.124. The lowest BCUT2D eigenvalue weighted by molar-refractivity contribution is 0.102. The van der Waals surface area contributed by atoms with E-state index in [4.69, 9.17) is 21.1 Å². The Kier molecular flexibility index (Phi) is 4.81. The van der Waals surface area contributed by atoms with Gasteiger partial charge >= 0.3 is 0 Å². The summed E-state index contributed by atoms with van der Waals surface area (Å²) in [4.78, 5) is 25.0. The average Bonchev–Trinajstić information content (AvgIpc) is 2.65. The Bertz CT molecular complexity index is 1060. The van der Waals surface area contributed by atoms with E-state index in [9.17, 15) is 9.59 Å². The van der Waals surface area contributed by atoms with E-state index in [0.717, 1.165) is 4.68 Å². The lowest BCUT2D eigenvalue weighted by atomic mass is 10.1. The van der Waals surface area contributed by atoms with Crippen molar-refractivity contribution in [3.05, 3.63) is 57.5 Å². The molecule has 0 radical (unpaired) electrons. The summed E-state index contributed by atoms with van der Waals surface area (Å²) in [5.74, 6) is 0.277. The van der Waals surface area contributed by atoms with Crippen molar-refractivity contribution in [2.75, 3.05) is 19.5 Å². The number of nitrogens with zero attached hydrogens (tertiary/aromatic N) is 2. The SMILES string of the molecule is COc1cc(NC(=O)c2nn(C)c(=O)c3ccccc23)c(OC)cc1Cl. The zero-order chi connectivity index (χ0) is 18.8. The second-order valence-electron chi connectivity index (χ2n) is 5.46. The second kappa shape index (κ2) is 7.05. The first kappa shape index (κ1) is 17.8. The summed E-state index contributed by atoms with van der Waals surface area (Å²) in [5, 5.41) is 8.08. The molecule has 3 rings (SSSR count). The van der Waals surface area contributed by atoms with Crippen molar-refractivity contribution in [2.24, 2.45) is 7.05 Å². The molecule has 7 nitrogen and oxygen atoms in total. The Morgan fingerprint density at radius 1 is 1.12 bits per heavy atom. The molecule has 1 amide bonds. The number of fused-ring (bicyclic) bond motifs is 1. The molecule has 134 valence electrons. The Labute approximate surface area is 154 Å². The maximum absolute atomic E-state index is 12.8. The molecule has 1 N–H and O–H groups in total. The predicted octanol–water partition coefficient (Wildman–Crippen LogP) is 2.86. The number of ether oxygens (including phenoxy) is 2. The van der Waals surface area contributed by atoms with Crippen LogP contribution in [-0.2, 0) is 7.05 Å². The minimum Gasteiger partial charge on any atom is -0.495 e. The molecule has 0 atom stereocenters. The van der Waals surface area contributed by atoms with Crippen molar-refractivity contribution in [2.45, 2.75) is 0 Å². The van der Waals surface area contributed by atoms with Crippen LogP contribution in [0.5, 0.6) is 11.5 Å². The lowest BCUT2D eigenvalue weighted by Gasteiger charge is -2.14. The number of aromatic nitrogens is 2. The summed E-state index contributed by atoms with van der Waals surface area (Å²) >= 11 is 6.08. The third-order valence-electron chi connectivity index (χ3n) is 3.89. The molecule has 0 aliphatic rings. The van der Waals surface area contributed by atoms with Crippen LogP contribution in [-0.4, -0.2) is 29.9 Å². The summed E-state index contributed by atoms with van der Waals surface area (Å²) in [6.45, 7) is 0. The minimum atomic E-state index is -0.487. The Morgan fingerprint density at radius 3 is 2.42 bits per heavy atom. The molecule has 3 aromatic rings. The standard InChI is InChI=1S/C18H16ClN3O4/c1-22-18(24)11-7-5-4-6-10(11)16(21-22)17(23)20-13-9-14(25-2)12(19)8-15(13)26-3/h4-9H,1-3H3,(H,20,23). The van der Waals surface area contributed by atoms with Gasteiger partial charge in [0.15, 0.2) is 5.69 Å². The first-order valence-corrected chi connectivity index (χ1v) is 8.03. The van der Waals surface area contributed by atoms with Crippen LogP contribution in [0.3, 0.4) is 0 Å². The van der Waals surface area contributed by atoms with Crippen molar-refractivity contribution in [1.29, 1.82) is 0 Å². The van der Waals surface area contributed by atoms with Gasteiger partial charge in [-0.05, 0) is 6.07 Å². The van der Waals surface area contributed by atoms with Gasteiger partial charge in [-0.25, -0.2) is 4.68 Å². The Hall–Kier alpha value is -3.06. The van der Waals surface area contributed by atoms with E-state index in [0.29, 0.717) is 33.0 Å². The van der Waals surface area contributed by atoms with Crippen LogP contribution in [0.4, 0.5) is 5.69 Å². The third-order valence-corrected chi connectivity index (χ3v) is 4.19. The molecule has 0 aliphatic carbocycles. The van der Waals surface area contributed by atoms with Crippen LogP contribution >= 0.6 is 11.6 Å². The zero-order valence-electron chi connectivity index (χ0n) is 14.4. The van der Waals surface area contributed by atoms with Crippen molar-refractivity contribution in [1.82, 2.24) is 9.78 Å². The van der Waals surface area contributed by atoms with E-state index in [1.165, 1.54) is 21.3 Å². The number of hydrogen-bond acceptors (Lipinski definition) is 5. The molecule has 0 fully saturated rings. The number of amides is 1. The average molecular weight is 374 g/mol. The molecule has 0 aliphatic heterocycles. The van der Waals surface area contributed by atoms with Crippen molar-refractivity contribution in [3.63, 3.8) is 0 Å². The number of nitrogens with one attached hydrogen (secondary N) is 1. The molecule has 0 spiro atoms. The molecule has 0 bridgehead atoms. The van der Waals surface area contributed by atoms with E-state index in [1.54, 1.807) is 36.4 Å². The molecule has 26 heavy (non-hydrogen) atoms. The smallest absolute Gasteiger partial charge is 0.276 e. The van der Waals surface area contributed by atoms with Crippen molar-refractivity contribution >= 4 is 34.0 Å². The highest BCUT2D eigenvalue weighted by Gasteiger charge is 2.18. The number of aryl methyl sites for hydroxylation is 1. The third kappa shape index (κ3) is 3.09. The number of rotatable bonds is 4. The van der Waals surface area contributed by atoms with Crippen LogP contribution in [0.25, 0.3) is 10.8 Å². The number of carbonyl (C=O) groups is 1. The molecular weight excluding hydrogens is 358 g/mol. The van der Waals surface area contributed by atoms with E-state index >= 15 is 0 Å². The highest BCUT2D eigenvalue weighted by Crippen LogP contribution is 2.36. The number of carbonyl (C=O) groups excluding carboxylic acids is 1. The van der Waals surface area contributed by atoms with Gasteiger partial charge in [-0.1, -0.05) is 29.8 Å². The van der Waals surface area contributed by atoms with Gasteiger partial charge in [-0.3, -0.25) is 9.59 Å². The fraction of sp³-hybridized carbons (Fsp3) is 0.167. The highest BCUT2D eigenvalue weighted by atomic mass is 35.5. The summed E-state index contributed by atoms with van der Waals surface area (Å²) in [6.07, 6.45) is 0. The summed E-state index contributed by atoms with van der Waals surface area (Å²) in [5.41, 5.74) is 0.222. The topological polar surface area (TPSA) is 82.5 Å². The Balaban J connectivity index is 2.09. The quantitative estimate of drug-likeness (QED) is 0.760. The molecular formula is C18H16ClN3O4. The van der Waals surface area contributed by atoms with Crippen LogP contribution in [0.15, 0.2) is 41.2 Å². The number of benzene rings is 2. The van der Waals surface area contributed by atoms with Gasteiger partial charge in [0.25, 0.3) is 11.5 Å².